The maximum atomic E-state index is 12.5. The third-order valence-corrected chi connectivity index (χ3v) is 9.69. The van der Waals surface area contributed by atoms with Crippen LogP contribution in [0.5, 0.6) is 11.5 Å². The number of rotatable bonds is 11. The first-order valence-electron chi connectivity index (χ1n) is 17.3. The van der Waals surface area contributed by atoms with Crippen LogP contribution in [0.25, 0.3) is 11.1 Å². The lowest BCUT2D eigenvalue weighted by Gasteiger charge is -2.39. The highest BCUT2D eigenvalue weighted by Crippen LogP contribution is 2.40. The summed E-state index contributed by atoms with van der Waals surface area (Å²) in [6.45, 7) is 2.90. The second-order valence-electron chi connectivity index (χ2n) is 13.1. The summed E-state index contributed by atoms with van der Waals surface area (Å²) in [4.78, 5) is 19.0. The van der Waals surface area contributed by atoms with Crippen molar-refractivity contribution >= 4 is 5.91 Å². The minimum absolute atomic E-state index is 0.00253. The van der Waals surface area contributed by atoms with E-state index in [0.717, 1.165) is 70.9 Å². The van der Waals surface area contributed by atoms with Crippen LogP contribution in [0.2, 0.25) is 0 Å². The Kier molecular flexibility index (Phi) is 10.7. The van der Waals surface area contributed by atoms with Crippen LogP contribution >= 0.6 is 0 Å². The van der Waals surface area contributed by atoms with E-state index in [9.17, 15) is 9.90 Å². The Morgan fingerprint density at radius 2 is 1.63 bits per heavy atom. The van der Waals surface area contributed by atoms with E-state index >= 15 is 0 Å². The molecule has 51 heavy (non-hydrogen) atoms. The molecule has 3 atom stereocenters. The third-order valence-electron chi connectivity index (χ3n) is 9.69. The van der Waals surface area contributed by atoms with Gasteiger partial charge in [-0.1, -0.05) is 66.7 Å². The van der Waals surface area contributed by atoms with Gasteiger partial charge in [0, 0.05) is 50.6 Å². The highest BCUT2D eigenvalue weighted by atomic mass is 16.7. The lowest BCUT2D eigenvalue weighted by Crippen LogP contribution is -2.41. The summed E-state index contributed by atoms with van der Waals surface area (Å²) in [6.07, 6.45) is 4.08. The van der Waals surface area contributed by atoms with E-state index < -0.39 is 6.29 Å². The van der Waals surface area contributed by atoms with Gasteiger partial charge in [0.2, 0.25) is 0 Å². The van der Waals surface area contributed by atoms with E-state index in [1.807, 2.05) is 36.4 Å². The first kappa shape index (κ1) is 34.4. The van der Waals surface area contributed by atoms with E-state index in [1.54, 1.807) is 38.7 Å². The van der Waals surface area contributed by atoms with E-state index in [2.05, 4.69) is 63.7 Å². The molecular formula is C42H43N3O6. The molecule has 9 nitrogen and oxygen atoms in total. The lowest BCUT2D eigenvalue weighted by molar-refractivity contribution is -0.253. The molecule has 4 aromatic carbocycles. The van der Waals surface area contributed by atoms with Crippen molar-refractivity contribution in [3.63, 3.8) is 0 Å². The van der Waals surface area contributed by atoms with Crippen molar-refractivity contribution in [2.24, 2.45) is 0 Å². The van der Waals surface area contributed by atoms with Gasteiger partial charge < -0.3 is 29.4 Å². The van der Waals surface area contributed by atoms with Crippen LogP contribution < -0.4 is 14.8 Å². The summed E-state index contributed by atoms with van der Waals surface area (Å²) in [5.41, 5.74) is 9.06. The van der Waals surface area contributed by atoms with Crippen molar-refractivity contribution in [2.75, 3.05) is 27.3 Å². The van der Waals surface area contributed by atoms with Crippen LogP contribution in [0.4, 0.5) is 0 Å². The number of benzene rings is 4. The summed E-state index contributed by atoms with van der Waals surface area (Å²) in [6, 6.07) is 32.2. The third kappa shape index (κ3) is 8.13. The molecular weight excluding hydrogens is 642 g/mol. The predicted octanol–water partition coefficient (Wildman–Crippen LogP) is 6.79. The molecule has 7 rings (SSSR count). The molecule has 1 amide bonds. The normalized spacial score (nSPS) is 18.8. The number of nitrogens with one attached hydrogen (secondary N) is 1. The zero-order chi connectivity index (χ0) is 35.2. The summed E-state index contributed by atoms with van der Waals surface area (Å²) < 4.78 is 24.5. The van der Waals surface area contributed by atoms with E-state index in [-0.39, 0.29) is 24.7 Å². The number of ether oxygens (including phenoxy) is 4. The number of amides is 1. The molecule has 1 aromatic heterocycles. The van der Waals surface area contributed by atoms with Gasteiger partial charge in [-0.15, -0.1) is 0 Å². The van der Waals surface area contributed by atoms with E-state index in [4.69, 9.17) is 18.9 Å². The molecule has 262 valence electrons. The van der Waals surface area contributed by atoms with Gasteiger partial charge >= 0.3 is 0 Å². The number of aliphatic hydroxyl groups is 1. The van der Waals surface area contributed by atoms with Crippen molar-refractivity contribution in [1.29, 1.82) is 0 Å². The lowest BCUT2D eigenvalue weighted by atomic mass is 9.96. The number of aromatic nitrogens is 1. The number of aliphatic hydroxyl groups excluding tert-OH is 1. The second kappa shape index (κ2) is 15.9. The maximum Gasteiger partial charge on any atom is 0.253 e. The number of carbonyl (C=O) groups excluding carboxylic acids is 1. The van der Waals surface area contributed by atoms with Gasteiger partial charge in [-0.05, 0) is 75.7 Å². The fourth-order valence-electron chi connectivity index (χ4n) is 6.89. The Morgan fingerprint density at radius 3 is 2.35 bits per heavy atom. The number of methoxy groups -OCH3 is 2. The molecule has 3 unspecified atom stereocenters. The fraction of sp³-hybridized carbons (Fsp3) is 0.286. The average molecular weight is 686 g/mol. The van der Waals surface area contributed by atoms with Gasteiger partial charge in [-0.3, -0.25) is 14.7 Å². The Morgan fingerprint density at radius 1 is 0.863 bits per heavy atom. The van der Waals surface area contributed by atoms with Crippen LogP contribution in [0.3, 0.4) is 0 Å². The first-order valence-corrected chi connectivity index (χ1v) is 17.3. The van der Waals surface area contributed by atoms with Crippen molar-refractivity contribution in [2.45, 2.75) is 51.0 Å². The summed E-state index contributed by atoms with van der Waals surface area (Å²) in [7, 11) is 3.34. The first-order chi connectivity index (χ1) is 25.0. The minimum Gasteiger partial charge on any atom is -0.493 e. The van der Waals surface area contributed by atoms with Gasteiger partial charge in [-0.25, -0.2) is 0 Å². The van der Waals surface area contributed by atoms with Crippen LogP contribution in [-0.2, 0) is 35.6 Å². The monoisotopic (exact) mass is 685 g/mol. The highest BCUT2D eigenvalue weighted by molar-refractivity contribution is 5.93. The molecule has 2 N–H and O–H groups in total. The molecule has 3 heterocycles. The minimum atomic E-state index is -0.546. The molecule has 5 aromatic rings. The molecule has 2 aliphatic heterocycles. The smallest absolute Gasteiger partial charge is 0.253 e. The maximum absolute atomic E-state index is 12.5. The van der Waals surface area contributed by atoms with E-state index in [1.165, 1.54) is 11.1 Å². The van der Waals surface area contributed by atoms with Gasteiger partial charge in [0.1, 0.15) is 0 Å². The Bertz CT molecular complexity index is 1930. The number of carbonyl (C=O) groups is 1. The molecule has 0 radical (unpaired) electrons. The topological polar surface area (TPSA) is 102 Å². The molecule has 0 bridgehead atoms. The zero-order valence-electron chi connectivity index (χ0n) is 29.0. The zero-order valence-corrected chi connectivity index (χ0v) is 29.0. The molecule has 1 saturated heterocycles. The van der Waals surface area contributed by atoms with Crippen LogP contribution in [0.15, 0.2) is 109 Å². The highest BCUT2D eigenvalue weighted by Gasteiger charge is 2.34. The summed E-state index contributed by atoms with van der Waals surface area (Å²) >= 11 is 0. The Labute approximate surface area is 298 Å². The number of hydrogen-bond acceptors (Lipinski definition) is 8. The number of nitrogens with zero attached hydrogens (tertiary/aromatic N) is 2. The molecule has 0 aliphatic carbocycles. The quantitative estimate of drug-likeness (QED) is 0.157. The largest absolute Gasteiger partial charge is 0.493 e. The number of hydrogen-bond donors (Lipinski definition) is 2. The van der Waals surface area contributed by atoms with Gasteiger partial charge in [-0.2, -0.15) is 0 Å². The Balaban J connectivity index is 1.06. The van der Waals surface area contributed by atoms with Crippen molar-refractivity contribution < 1.29 is 28.8 Å². The SMILES string of the molecule is COc1cc2c(cc1OC)CN(CC1CC(c3ccc(CO)cc3)OC(c3ccc(-c4cccc(CNC(=O)c5cccnc5)c4)cc3)O1)CC2. The van der Waals surface area contributed by atoms with Gasteiger partial charge in [0.25, 0.3) is 5.91 Å². The van der Waals surface area contributed by atoms with Crippen LogP contribution in [0.1, 0.15) is 62.6 Å². The molecule has 0 spiro atoms. The molecule has 9 heteroatoms. The van der Waals surface area contributed by atoms with Gasteiger partial charge in [0.15, 0.2) is 17.8 Å². The fourth-order valence-corrected chi connectivity index (χ4v) is 6.89. The summed E-state index contributed by atoms with van der Waals surface area (Å²) in [5, 5.41) is 12.6. The predicted molar refractivity (Wildman–Crippen MR) is 194 cm³/mol. The average Bonchev–Trinajstić information content (AvgIpc) is 3.19. The van der Waals surface area contributed by atoms with Crippen LogP contribution in [0, 0.1) is 0 Å². The summed E-state index contributed by atoms with van der Waals surface area (Å²) in [5.74, 6) is 1.35. The molecule has 2 aliphatic rings. The second-order valence-corrected chi connectivity index (χ2v) is 13.1. The van der Waals surface area contributed by atoms with Crippen molar-refractivity contribution in [1.82, 2.24) is 15.2 Å². The molecule has 0 saturated carbocycles. The number of pyridine rings is 1. The molecule has 1 fully saturated rings. The van der Waals surface area contributed by atoms with Crippen molar-refractivity contribution in [3.05, 3.63) is 148 Å². The Hall–Kier alpha value is -5.06. The standard InChI is InChI=1S/C42H43N3O6/c1-48-39-20-34-16-18-45(25-36(34)21-40(39)49-2)26-37-22-38(31-10-8-28(27-46)9-11-31)51-42(50-37)32-14-12-30(13-15-32)33-6-3-5-29(19-33)23-44-41(47)35-7-4-17-43-24-35/h3-15,17,19-21,24,37-38,42,46H,16,18,22-23,25-27H2,1-2H3,(H,44,47). The van der Waals surface area contributed by atoms with Gasteiger partial charge in [0.05, 0.1) is 38.6 Å². The number of fused-ring (bicyclic) bond motifs is 1. The van der Waals surface area contributed by atoms with Crippen LogP contribution in [-0.4, -0.2) is 54.3 Å². The van der Waals surface area contributed by atoms with Crippen molar-refractivity contribution in [3.8, 4) is 22.6 Å². The van der Waals surface area contributed by atoms with E-state index in [0.29, 0.717) is 18.5 Å².